The van der Waals surface area contributed by atoms with Gasteiger partial charge >= 0.3 is 6.09 Å². The molecule has 1 heterocycles. The number of ether oxygens (including phenoxy) is 1. The van der Waals surface area contributed by atoms with Crippen LogP contribution in [-0.4, -0.2) is 54.6 Å². The zero-order valence-corrected chi connectivity index (χ0v) is 15.7. The molecule has 0 N–H and O–H groups in total. The Balaban J connectivity index is 1.89. The Bertz CT molecular complexity index is 632. The highest BCUT2D eigenvalue weighted by Gasteiger charge is 2.33. The Morgan fingerprint density at radius 3 is 2.42 bits per heavy atom. The monoisotopic (exact) mass is 352 g/mol. The fraction of sp³-hybridized carbons (Fsp3) is 0.556. The number of nitrogens with zero attached hydrogens (tertiary/aromatic N) is 2. The summed E-state index contributed by atoms with van der Waals surface area (Å²) in [5, 5.41) is 0.467. The molecule has 0 aliphatic carbocycles. The molecule has 6 heteroatoms. The van der Waals surface area contributed by atoms with E-state index in [0.717, 1.165) is 12.0 Å². The van der Waals surface area contributed by atoms with Gasteiger partial charge < -0.3 is 14.5 Å². The van der Waals surface area contributed by atoms with Gasteiger partial charge in [0.25, 0.3) is 5.91 Å². The van der Waals surface area contributed by atoms with Gasteiger partial charge in [-0.2, -0.15) is 0 Å². The lowest BCUT2D eigenvalue weighted by atomic mass is 9.92. The molecule has 5 nitrogen and oxygen atoms in total. The quantitative estimate of drug-likeness (QED) is 0.837. The highest BCUT2D eigenvalue weighted by Crippen LogP contribution is 2.25. The van der Waals surface area contributed by atoms with Gasteiger partial charge in [-0.15, -0.1) is 0 Å². The van der Waals surface area contributed by atoms with E-state index in [0.29, 0.717) is 29.6 Å². The van der Waals surface area contributed by atoms with Crippen LogP contribution >= 0.6 is 11.6 Å². The van der Waals surface area contributed by atoms with Crippen molar-refractivity contribution >= 4 is 23.6 Å². The van der Waals surface area contributed by atoms with Crippen LogP contribution in [0.2, 0.25) is 5.02 Å². The third-order valence-electron chi connectivity index (χ3n) is 3.80. The van der Waals surface area contributed by atoms with Crippen LogP contribution in [0.3, 0.4) is 0 Å². The maximum Gasteiger partial charge on any atom is 0.410 e. The predicted molar refractivity (Wildman–Crippen MR) is 94.5 cm³/mol. The zero-order chi connectivity index (χ0) is 18.1. The number of carbonyl (C=O) groups is 2. The van der Waals surface area contributed by atoms with E-state index >= 15 is 0 Å². The smallest absolute Gasteiger partial charge is 0.410 e. The fourth-order valence-electron chi connectivity index (χ4n) is 2.61. The second-order valence-electron chi connectivity index (χ2n) is 7.47. The minimum atomic E-state index is -0.468. The molecule has 0 saturated carbocycles. The maximum absolute atomic E-state index is 12.0. The number of carbonyl (C=O) groups excluding carboxylic acids is 2. The van der Waals surface area contributed by atoms with Crippen LogP contribution in [0.5, 0.6) is 0 Å². The maximum atomic E-state index is 12.0. The molecule has 1 aliphatic rings. The van der Waals surface area contributed by atoms with Crippen LogP contribution < -0.4 is 0 Å². The van der Waals surface area contributed by atoms with Crippen LogP contribution in [0.25, 0.3) is 0 Å². The number of benzene rings is 1. The minimum Gasteiger partial charge on any atom is -0.444 e. The summed E-state index contributed by atoms with van der Waals surface area (Å²) in [4.78, 5) is 27.1. The summed E-state index contributed by atoms with van der Waals surface area (Å²) < 4.78 is 5.35. The van der Waals surface area contributed by atoms with Gasteiger partial charge in [-0.05, 0) is 50.8 Å². The molecule has 1 saturated heterocycles. The standard InChI is InChI=1S/C18H25ClN2O3/c1-18(2,3)24-17(23)21-10-13(11-21)8-12-6-7-14(15(19)9-12)16(22)20(4)5/h6-7,9,13H,8,10-11H2,1-5H3. The van der Waals surface area contributed by atoms with Crippen LogP contribution in [-0.2, 0) is 11.2 Å². The molecule has 0 spiro atoms. The van der Waals surface area contributed by atoms with Crippen molar-refractivity contribution in [3.63, 3.8) is 0 Å². The molecule has 0 atom stereocenters. The Labute approximate surface area is 148 Å². The second-order valence-corrected chi connectivity index (χ2v) is 7.88. The third kappa shape index (κ3) is 4.63. The molecular weight excluding hydrogens is 328 g/mol. The lowest BCUT2D eigenvalue weighted by Gasteiger charge is -2.40. The highest BCUT2D eigenvalue weighted by atomic mass is 35.5. The van der Waals surface area contributed by atoms with E-state index in [-0.39, 0.29) is 12.0 Å². The average Bonchev–Trinajstić information content (AvgIpc) is 2.39. The topological polar surface area (TPSA) is 49.9 Å². The lowest BCUT2D eigenvalue weighted by Crippen LogP contribution is -2.52. The van der Waals surface area contributed by atoms with Crippen molar-refractivity contribution in [3.05, 3.63) is 34.3 Å². The molecule has 0 aromatic heterocycles. The first kappa shape index (κ1) is 18.6. The SMILES string of the molecule is CN(C)C(=O)c1ccc(CC2CN(C(=O)OC(C)(C)C)C2)cc1Cl. The van der Waals surface area contributed by atoms with E-state index < -0.39 is 5.60 Å². The molecule has 0 unspecified atom stereocenters. The number of rotatable bonds is 3. The van der Waals surface area contributed by atoms with Gasteiger partial charge in [0.2, 0.25) is 0 Å². The van der Waals surface area contributed by atoms with Crippen molar-refractivity contribution in [1.29, 1.82) is 0 Å². The van der Waals surface area contributed by atoms with E-state index in [1.54, 1.807) is 25.1 Å². The molecule has 1 fully saturated rings. The predicted octanol–water partition coefficient (Wildman–Crippen LogP) is 3.45. The summed E-state index contributed by atoms with van der Waals surface area (Å²) >= 11 is 6.23. The summed E-state index contributed by atoms with van der Waals surface area (Å²) in [6.07, 6.45) is 0.568. The number of hydrogen-bond acceptors (Lipinski definition) is 3. The largest absolute Gasteiger partial charge is 0.444 e. The average molecular weight is 353 g/mol. The van der Waals surface area contributed by atoms with E-state index in [1.807, 2.05) is 32.9 Å². The molecule has 1 aromatic carbocycles. The number of likely N-dealkylation sites (tertiary alicyclic amines) is 1. The Morgan fingerprint density at radius 1 is 1.29 bits per heavy atom. The van der Waals surface area contributed by atoms with Crippen LogP contribution in [0.4, 0.5) is 4.79 Å². The van der Waals surface area contributed by atoms with E-state index in [2.05, 4.69) is 0 Å². The van der Waals surface area contributed by atoms with Crippen LogP contribution in [0.15, 0.2) is 18.2 Å². The Morgan fingerprint density at radius 2 is 1.92 bits per heavy atom. The second kappa shape index (κ2) is 7.01. The first-order chi connectivity index (χ1) is 11.1. The first-order valence-corrected chi connectivity index (χ1v) is 8.42. The van der Waals surface area contributed by atoms with Gasteiger partial charge in [0.05, 0.1) is 10.6 Å². The van der Waals surface area contributed by atoms with Crippen molar-refractivity contribution in [2.75, 3.05) is 27.2 Å². The lowest BCUT2D eigenvalue weighted by molar-refractivity contribution is -0.000889. The van der Waals surface area contributed by atoms with Gasteiger partial charge in [0.1, 0.15) is 5.60 Å². The Kier molecular flexibility index (Phi) is 5.43. The van der Waals surface area contributed by atoms with Crippen molar-refractivity contribution in [3.8, 4) is 0 Å². The Hall–Kier alpha value is -1.75. The third-order valence-corrected chi connectivity index (χ3v) is 4.12. The molecular formula is C18H25ClN2O3. The van der Waals surface area contributed by atoms with Gasteiger partial charge in [-0.1, -0.05) is 17.7 Å². The summed E-state index contributed by atoms with van der Waals surface area (Å²) in [5.74, 6) is 0.287. The molecule has 2 rings (SSSR count). The number of amides is 2. The normalized spacial score (nSPS) is 15.0. The van der Waals surface area contributed by atoms with Crippen LogP contribution in [0, 0.1) is 5.92 Å². The van der Waals surface area contributed by atoms with Crippen LogP contribution in [0.1, 0.15) is 36.7 Å². The van der Waals surface area contributed by atoms with Gasteiger partial charge in [0, 0.05) is 27.2 Å². The van der Waals surface area contributed by atoms with Crippen molar-refractivity contribution in [1.82, 2.24) is 9.80 Å². The van der Waals surface area contributed by atoms with Crippen molar-refractivity contribution < 1.29 is 14.3 Å². The van der Waals surface area contributed by atoms with Gasteiger partial charge in [-0.3, -0.25) is 4.79 Å². The molecule has 1 aromatic rings. The molecule has 2 amide bonds. The molecule has 1 aliphatic heterocycles. The molecule has 24 heavy (non-hydrogen) atoms. The summed E-state index contributed by atoms with van der Waals surface area (Å²) in [7, 11) is 3.40. The number of hydrogen-bond donors (Lipinski definition) is 0. The van der Waals surface area contributed by atoms with Gasteiger partial charge in [-0.25, -0.2) is 4.79 Å². The highest BCUT2D eigenvalue weighted by molar-refractivity contribution is 6.33. The first-order valence-electron chi connectivity index (χ1n) is 8.05. The minimum absolute atomic E-state index is 0.105. The molecule has 0 radical (unpaired) electrons. The fourth-order valence-corrected chi connectivity index (χ4v) is 2.89. The number of halogens is 1. The van der Waals surface area contributed by atoms with Crippen molar-refractivity contribution in [2.24, 2.45) is 5.92 Å². The van der Waals surface area contributed by atoms with E-state index in [9.17, 15) is 9.59 Å². The van der Waals surface area contributed by atoms with Gasteiger partial charge in [0.15, 0.2) is 0 Å². The molecule has 132 valence electrons. The summed E-state index contributed by atoms with van der Waals surface area (Å²) in [6.45, 7) is 6.96. The van der Waals surface area contributed by atoms with Crippen molar-refractivity contribution in [2.45, 2.75) is 32.8 Å². The van der Waals surface area contributed by atoms with E-state index in [1.165, 1.54) is 4.90 Å². The summed E-state index contributed by atoms with van der Waals surface area (Å²) in [6, 6.07) is 5.54. The molecule has 0 bridgehead atoms. The van der Waals surface area contributed by atoms with E-state index in [4.69, 9.17) is 16.3 Å². The zero-order valence-electron chi connectivity index (χ0n) is 14.9. The summed E-state index contributed by atoms with van der Waals surface area (Å²) in [5.41, 5.74) is 1.11.